The van der Waals surface area contributed by atoms with Crippen LogP contribution in [0.1, 0.15) is 5.56 Å². The van der Waals surface area contributed by atoms with Crippen LogP contribution in [0.25, 0.3) is 6.08 Å². The summed E-state index contributed by atoms with van der Waals surface area (Å²) in [6, 6.07) is 3.94. The van der Waals surface area contributed by atoms with E-state index in [2.05, 4.69) is 10.1 Å². The molecule has 1 aliphatic heterocycles. The standard InChI is InChI=1S/C17H15F5N2O5S2/c1-28-11-6-9(2-3-10(11)29-15(18)19)7-12-14(26)24(16(27)31-12)5-4-23-13(25)8-30-17(20,21)22/h2-3,6-7,15H,4-5,8H2,1H3,(H,23,25)/b12-7-. The van der Waals surface area contributed by atoms with Crippen molar-refractivity contribution in [2.24, 2.45) is 0 Å². The Morgan fingerprint density at radius 2 is 2.00 bits per heavy atom. The normalized spacial score (nSPS) is 15.7. The average Bonchev–Trinajstić information content (AvgIpc) is 2.94. The van der Waals surface area contributed by atoms with Gasteiger partial charge in [-0.2, -0.15) is 22.0 Å². The first kappa shape index (κ1) is 24.8. The van der Waals surface area contributed by atoms with Crippen molar-refractivity contribution in [2.45, 2.75) is 12.1 Å². The third kappa shape index (κ3) is 7.61. The molecule has 1 aromatic rings. The van der Waals surface area contributed by atoms with Gasteiger partial charge in [-0.05, 0) is 47.3 Å². The van der Waals surface area contributed by atoms with E-state index < -0.39 is 46.7 Å². The SMILES string of the molecule is COc1cc(/C=C2\SC(=O)N(CCNC(=O)CSC(F)(F)F)C2=O)ccc1OC(F)F. The number of halogens is 5. The quantitative estimate of drug-likeness (QED) is 0.421. The average molecular weight is 486 g/mol. The third-order valence-electron chi connectivity index (χ3n) is 3.60. The number of imide groups is 1. The maximum atomic E-state index is 12.4. The first-order chi connectivity index (χ1) is 14.5. The summed E-state index contributed by atoms with van der Waals surface area (Å²) in [6.45, 7) is -3.49. The molecular formula is C17H15F5N2O5S2. The molecule has 1 aromatic carbocycles. The van der Waals surface area contributed by atoms with Crippen molar-refractivity contribution in [1.82, 2.24) is 10.2 Å². The van der Waals surface area contributed by atoms with E-state index in [0.717, 1.165) is 4.90 Å². The number of hydrogen-bond acceptors (Lipinski definition) is 7. The zero-order valence-electron chi connectivity index (χ0n) is 15.7. The van der Waals surface area contributed by atoms with Crippen LogP contribution in [0.3, 0.4) is 0 Å². The Bertz CT molecular complexity index is 879. The van der Waals surface area contributed by atoms with Gasteiger partial charge in [0, 0.05) is 13.1 Å². The Balaban J connectivity index is 1.98. The van der Waals surface area contributed by atoms with Crippen molar-refractivity contribution >= 4 is 46.7 Å². The number of hydrogen-bond donors (Lipinski definition) is 1. The van der Waals surface area contributed by atoms with E-state index in [-0.39, 0.29) is 29.5 Å². The van der Waals surface area contributed by atoms with E-state index in [1.54, 1.807) is 0 Å². The van der Waals surface area contributed by atoms with Crippen LogP contribution in [0.5, 0.6) is 11.5 Å². The Labute approximate surface area is 181 Å². The van der Waals surface area contributed by atoms with Crippen molar-refractivity contribution < 1.29 is 45.8 Å². The van der Waals surface area contributed by atoms with Crippen molar-refractivity contribution in [1.29, 1.82) is 0 Å². The Morgan fingerprint density at radius 3 is 2.61 bits per heavy atom. The molecule has 2 rings (SSSR count). The van der Waals surface area contributed by atoms with Gasteiger partial charge in [0.2, 0.25) is 5.91 Å². The molecular weight excluding hydrogens is 471 g/mol. The lowest BCUT2D eigenvalue weighted by Gasteiger charge is -2.13. The van der Waals surface area contributed by atoms with Crippen LogP contribution in [-0.4, -0.2) is 60.0 Å². The number of carbonyl (C=O) groups is 3. The van der Waals surface area contributed by atoms with Crippen molar-refractivity contribution in [3.8, 4) is 11.5 Å². The number of methoxy groups -OCH3 is 1. The highest BCUT2D eigenvalue weighted by atomic mass is 32.2. The Hall–Kier alpha value is -2.48. The minimum Gasteiger partial charge on any atom is -0.493 e. The van der Waals surface area contributed by atoms with Crippen LogP contribution in [0.2, 0.25) is 0 Å². The van der Waals surface area contributed by atoms with E-state index in [1.165, 1.54) is 31.4 Å². The molecule has 7 nitrogen and oxygen atoms in total. The lowest BCUT2D eigenvalue weighted by atomic mass is 10.2. The van der Waals surface area contributed by atoms with Crippen molar-refractivity contribution in [3.05, 3.63) is 28.7 Å². The maximum absolute atomic E-state index is 12.4. The van der Waals surface area contributed by atoms with E-state index in [9.17, 15) is 36.3 Å². The molecule has 1 heterocycles. The second-order valence-corrected chi connectivity index (χ2v) is 7.74. The van der Waals surface area contributed by atoms with Gasteiger partial charge in [0.25, 0.3) is 11.1 Å². The highest BCUT2D eigenvalue weighted by molar-refractivity contribution is 8.18. The molecule has 0 aliphatic carbocycles. The van der Waals surface area contributed by atoms with E-state index in [0.29, 0.717) is 17.3 Å². The molecule has 0 unspecified atom stereocenters. The van der Waals surface area contributed by atoms with Gasteiger partial charge in [-0.3, -0.25) is 19.3 Å². The Morgan fingerprint density at radius 1 is 1.29 bits per heavy atom. The zero-order valence-corrected chi connectivity index (χ0v) is 17.3. The minimum absolute atomic E-state index is 0.00674. The summed E-state index contributed by atoms with van der Waals surface area (Å²) in [6.07, 6.45) is 1.35. The van der Waals surface area contributed by atoms with Crippen LogP contribution in [0.15, 0.2) is 23.1 Å². The topological polar surface area (TPSA) is 84.9 Å². The van der Waals surface area contributed by atoms with Gasteiger partial charge in [-0.25, -0.2) is 0 Å². The molecule has 170 valence electrons. The first-order valence-electron chi connectivity index (χ1n) is 8.35. The van der Waals surface area contributed by atoms with Crippen LogP contribution < -0.4 is 14.8 Å². The molecule has 3 amide bonds. The van der Waals surface area contributed by atoms with Gasteiger partial charge in [-0.1, -0.05) is 6.07 Å². The molecule has 1 aliphatic rings. The number of nitrogens with one attached hydrogen (secondary N) is 1. The number of ether oxygens (including phenoxy) is 2. The molecule has 0 bridgehead atoms. The number of thioether (sulfide) groups is 2. The monoisotopic (exact) mass is 486 g/mol. The second kappa shape index (κ2) is 10.7. The number of nitrogens with zero attached hydrogens (tertiary/aromatic N) is 1. The van der Waals surface area contributed by atoms with Gasteiger partial charge >= 0.3 is 12.1 Å². The summed E-state index contributed by atoms with van der Waals surface area (Å²) in [5, 5.41) is 1.57. The van der Waals surface area contributed by atoms with Crippen molar-refractivity contribution in [2.75, 3.05) is 26.0 Å². The maximum Gasteiger partial charge on any atom is 0.442 e. The third-order valence-corrected chi connectivity index (χ3v) is 5.24. The largest absolute Gasteiger partial charge is 0.493 e. The summed E-state index contributed by atoms with van der Waals surface area (Å²) in [4.78, 5) is 36.7. The molecule has 0 aromatic heterocycles. The summed E-state index contributed by atoms with van der Waals surface area (Å²) in [7, 11) is 1.24. The number of amides is 3. The first-order valence-corrected chi connectivity index (χ1v) is 10.2. The fraction of sp³-hybridized carbons (Fsp3) is 0.353. The highest BCUT2D eigenvalue weighted by Crippen LogP contribution is 2.35. The van der Waals surface area contributed by atoms with Gasteiger partial charge in [0.15, 0.2) is 11.5 Å². The van der Waals surface area contributed by atoms with Gasteiger partial charge in [0.05, 0.1) is 17.8 Å². The summed E-state index contributed by atoms with van der Waals surface area (Å²) in [5.41, 5.74) is -4.16. The number of rotatable bonds is 9. The molecule has 1 N–H and O–H groups in total. The van der Waals surface area contributed by atoms with Gasteiger partial charge in [0.1, 0.15) is 0 Å². The predicted octanol–water partition coefficient (Wildman–Crippen LogP) is 3.70. The lowest BCUT2D eigenvalue weighted by molar-refractivity contribution is -0.123. The van der Waals surface area contributed by atoms with E-state index >= 15 is 0 Å². The molecule has 1 fully saturated rings. The zero-order chi connectivity index (χ0) is 23.2. The molecule has 0 spiro atoms. The summed E-state index contributed by atoms with van der Waals surface area (Å²) >= 11 is 0.119. The molecule has 14 heteroatoms. The molecule has 1 saturated heterocycles. The lowest BCUT2D eigenvalue weighted by Crippen LogP contribution is -2.38. The predicted molar refractivity (Wildman–Crippen MR) is 104 cm³/mol. The number of benzene rings is 1. The minimum atomic E-state index is -4.54. The van der Waals surface area contributed by atoms with E-state index in [4.69, 9.17) is 4.74 Å². The number of alkyl halides is 5. The number of carbonyl (C=O) groups excluding carboxylic acids is 3. The molecule has 0 saturated carbocycles. The van der Waals surface area contributed by atoms with Gasteiger partial charge < -0.3 is 14.8 Å². The van der Waals surface area contributed by atoms with Crippen molar-refractivity contribution in [3.63, 3.8) is 0 Å². The Kier molecular flexibility index (Phi) is 8.56. The summed E-state index contributed by atoms with van der Waals surface area (Å²) in [5.74, 6) is -2.60. The molecule has 31 heavy (non-hydrogen) atoms. The highest BCUT2D eigenvalue weighted by Gasteiger charge is 2.35. The van der Waals surface area contributed by atoms with E-state index in [1.807, 2.05) is 0 Å². The van der Waals surface area contributed by atoms with Crippen LogP contribution in [0.4, 0.5) is 26.7 Å². The fourth-order valence-electron chi connectivity index (χ4n) is 2.32. The molecule has 0 radical (unpaired) electrons. The van der Waals surface area contributed by atoms with Crippen LogP contribution in [-0.2, 0) is 9.59 Å². The fourth-order valence-corrected chi connectivity index (χ4v) is 3.58. The molecule has 0 atom stereocenters. The second-order valence-electron chi connectivity index (χ2n) is 5.71. The van der Waals surface area contributed by atoms with Crippen LogP contribution >= 0.6 is 23.5 Å². The summed E-state index contributed by atoms with van der Waals surface area (Å²) < 4.78 is 70.2. The van der Waals surface area contributed by atoms with Gasteiger partial charge in [-0.15, -0.1) is 0 Å². The van der Waals surface area contributed by atoms with Crippen LogP contribution in [0, 0.1) is 0 Å². The smallest absolute Gasteiger partial charge is 0.442 e.